The average molecular weight is 195 g/mol. The minimum absolute atomic E-state index is 0.546. The summed E-state index contributed by atoms with van der Waals surface area (Å²) in [4.78, 5) is 14.6. The van der Waals surface area contributed by atoms with Gasteiger partial charge in [-0.25, -0.2) is 0 Å². The van der Waals surface area contributed by atoms with E-state index in [9.17, 15) is 9.00 Å². The first-order valence-corrected chi connectivity index (χ1v) is 5.56. The molecule has 0 amide bonds. The smallest absolute Gasteiger partial charge is 0.151 e. The lowest BCUT2D eigenvalue weighted by atomic mass is 10.0. The number of pyridine rings is 1. The second-order valence-electron chi connectivity index (χ2n) is 3.02. The molecule has 0 saturated heterocycles. The highest BCUT2D eigenvalue weighted by Crippen LogP contribution is 2.19. The number of hydrogen-bond donors (Lipinski definition) is 0. The summed E-state index contributed by atoms with van der Waals surface area (Å²) in [6, 6.07) is 0. The maximum atomic E-state index is 11.2. The van der Waals surface area contributed by atoms with Crippen molar-refractivity contribution >= 4 is 17.1 Å². The largest absolute Gasteiger partial charge is 0.298 e. The first-order chi connectivity index (χ1) is 6.31. The van der Waals surface area contributed by atoms with Crippen molar-refractivity contribution in [3.63, 3.8) is 0 Å². The minimum Gasteiger partial charge on any atom is -0.298 e. The van der Waals surface area contributed by atoms with Gasteiger partial charge >= 0.3 is 0 Å². The van der Waals surface area contributed by atoms with Gasteiger partial charge in [-0.15, -0.1) is 0 Å². The number of aldehydes is 1. The van der Waals surface area contributed by atoms with Gasteiger partial charge in [-0.1, -0.05) is 0 Å². The zero-order valence-electron chi connectivity index (χ0n) is 7.03. The van der Waals surface area contributed by atoms with Crippen molar-refractivity contribution in [1.82, 2.24) is 4.98 Å². The van der Waals surface area contributed by atoms with E-state index in [1.54, 1.807) is 12.4 Å². The summed E-state index contributed by atoms with van der Waals surface area (Å²) in [5.74, 6) is 1.21. The molecule has 1 aromatic heterocycles. The summed E-state index contributed by atoms with van der Waals surface area (Å²) in [5, 5.41) is 0. The summed E-state index contributed by atoms with van der Waals surface area (Å²) in [5.41, 5.74) is 2.65. The Morgan fingerprint density at radius 2 is 2.31 bits per heavy atom. The van der Waals surface area contributed by atoms with E-state index in [0.29, 0.717) is 17.1 Å². The average Bonchev–Trinajstić information content (AvgIpc) is 2.16. The molecule has 0 aromatic carbocycles. The lowest BCUT2D eigenvalue weighted by Crippen LogP contribution is -2.15. The SMILES string of the molecule is O=Cc1cncc2c1CCS(=O)C2. The molecule has 1 aliphatic rings. The lowest BCUT2D eigenvalue weighted by Gasteiger charge is -2.15. The summed E-state index contributed by atoms with van der Waals surface area (Å²) in [6.07, 6.45) is 4.83. The maximum absolute atomic E-state index is 11.2. The first kappa shape index (κ1) is 8.56. The van der Waals surface area contributed by atoms with Crippen LogP contribution in [0.15, 0.2) is 12.4 Å². The summed E-state index contributed by atoms with van der Waals surface area (Å²) < 4.78 is 11.2. The Balaban J connectivity index is 2.51. The first-order valence-electron chi connectivity index (χ1n) is 4.07. The van der Waals surface area contributed by atoms with Gasteiger partial charge in [-0.2, -0.15) is 0 Å². The van der Waals surface area contributed by atoms with Gasteiger partial charge in [0.1, 0.15) is 0 Å². The van der Waals surface area contributed by atoms with Crippen LogP contribution >= 0.6 is 0 Å². The molecule has 0 spiro atoms. The normalized spacial score (nSPS) is 20.8. The van der Waals surface area contributed by atoms with Crippen molar-refractivity contribution in [3.8, 4) is 0 Å². The number of fused-ring (bicyclic) bond motifs is 1. The van der Waals surface area contributed by atoms with Crippen molar-refractivity contribution in [1.29, 1.82) is 0 Å². The monoisotopic (exact) mass is 195 g/mol. The molecule has 1 unspecified atom stereocenters. The fourth-order valence-corrected chi connectivity index (χ4v) is 2.71. The van der Waals surface area contributed by atoms with Crippen LogP contribution < -0.4 is 0 Å². The van der Waals surface area contributed by atoms with Crippen LogP contribution in [0, 0.1) is 0 Å². The molecule has 0 aliphatic carbocycles. The predicted molar refractivity (Wildman–Crippen MR) is 50.0 cm³/mol. The van der Waals surface area contributed by atoms with Gasteiger partial charge in [-0.05, 0) is 17.5 Å². The van der Waals surface area contributed by atoms with Crippen LogP contribution in [0.3, 0.4) is 0 Å². The summed E-state index contributed by atoms with van der Waals surface area (Å²) in [6.45, 7) is 0. The van der Waals surface area contributed by atoms with Gasteiger partial charge in [0.25, 0.3) is 0 Å². The van der Waals surface area contributed by atoms with Crippen molar-refractivity contribution in [3.05, 3.63) is 29.1 Å². The highest BCUT2D eigenvalue weighted by atomic mass is 32.2. The topological polar surface area (TPSA) is 47.0 Å². The predicted octanol–water partition coefficient (Wildman–Crippen LogP) is 0.699. The number of nitrogens with zero attached hydrogens (tertiary/aromatic N) is 1. The number of carbonyl (C=O) groups is 1. The molecule has 0 bridgehead atoms. The van der Waals surface area contributed by atoms with E-state index in [0.717, 1.165) is 23.8 Å². The Morgan fingerprint density at radius 1 is 1.46 bits per heavy atom. The third-order valence-corrected chi connectivity index (χ3v) is 3.50. The highest BCUT2D eigenvalue weighted by Gasteiger charge is 2.17. The molecule has 0 radical (unpaired) electrons. The molecule has 0 fully saturated rings. The standard InChI is InChI=1S/C9H9NO2S/c11-5-7-3-10-4-8-6-13(12)2-1-9(7)8/h3-5H,1-2,6H2. The number of hydrogen-bond acceptors (Lipinski definition) is 3. The van der Waals surface area contributed by atoms with Gasteiger partial charge in [-0.3, -0.25) is 14.0 Å². The third kappa shape index (κ3) is 1.54. The number of aromatic nitrogens is 1. The van der Waals surface area contributed by atoms with Crippen molar-refractivity contribution in [2.75, 3.05) is 5.75 Å². The number of rotatable bonds is 1. The molecule has 13 heavy (non-hydrogen) atoms. The van der Waals surface area contributed by atoms with Gasteiger partial charge in [0, 0.05) is 34.5 Å². The van der Waals surface area contributed by atoms with E-state index in [2.05, 4.69) is 4.98 Å². The summed E-state index contributed by atoms with van der Waals surface area (Å²) in [7, 11) is -0.768. The molecule has 68 valence electrons. The van der Waals surface area contributed by atoms with Crippen molar-refractivity contribution in [2.45, 2.75) is 12.2 Å². The molecular weight excluding hydrogens is 186 g/mol. The third-order valence-electron chi connectivity index (χ3n) is 2.20. The van der Waals surface area contributed by atoms with E-state index in [1.807, 2.05) is 0 Å². The molecule has 1 aromatic rings. The second-order valence-corrected chi connectivity index (χ2v) is 4.60. The lowest BCUT2D eigenvalue weighted by molar-refractivity contribution is 0.112. The van der Waals surface area contributed by atoms with E-state index in [1.165, 1.54) is 0 Å². The van der Waals surface area contributed by atoms with Gasteiger partial charge in [0.2, 0.25) is 0 Å². The van der Waals surface area contributed by atoms with E-state index in [4.69, 9.17) is 0 Å². The Kier molecular flexibility index (Phi) is 2.22. The van der Waals surface area contributed by atoms with Crippen LogP contribution in [0.25, 0.3) is 0 Å². The van der Waals surface area contributed by atoms with Crippen LogP contribution in [-0.2, 0) is 23.0 Å². The van der Waals surface area contributed by atoms with E-state index < -0.39 is 10.8 Å². The highest BCUT2D eigenvalue weighted by molar-refractivity contribution is 7.84. The van der Waals surface area contributed by atoms with Crippen LogP contribution in [-0.4, -0.2) is 21.2 Å². The fourth-order valence-electron chi connectivity index (χ4n) is 1.54. The van der Waals surface area contributed by atoms with Crippen LogP contribution in [0.4, 0.5) is 0 Å². The van der Waals surface area contributed by atoms with Crippen molar-refractivity contribution < 1.29 is 9.00 Å². The minimum atomic E-state index is -0.768. The zero-order valence-corrected chi connectivity index (χ0v) is 7.84. The second kappa shape index (κ2) is 3.38. The molecular formula is C9H9NO2S. The molecule has 0 saturated carbocycles. The van der Waals surface area contributed by atoms with Gasteiger partial charge in [0.05, 0.1) is 5.75 Å². The Labute approximate surface area is 78.6 Å². The Bertz CT molecular complexity index is 376. The van der Waals surface area contributed by atoms with Crippen molar-refractivity contribution in [2.24, 2.45) is 0 Å². The van der Waals surface area contributed by atoms with Gasteiger partial charge in [0.15, 0.2) is 6.29 Å². The Hall–Kier alpha value is -1.03. The molecule has 2 heterocycles. The van der Waals surface area contributed by atoms with E-state index in [-0.39, 0.29) is 0 Å². The number of carbonyl (C=O) groups excluding carboxylic acids is 1. The van der Waals surface area contributed by atoms with Crippen LogP contribution in [0.5, 0.6) is 0 Å². The molecule has 4 heteroatoms. The quantitative estimate of drug-likeness (QED) is 0.620. The molecule has 2 rings (SSSR count). The molecule has 1 atom stereocenters. The zero-order chi connectivity index (χ0) is 9.26. The van der Waals surface area contributed by atoms with Crippen LogP contribution in [0.1, 0.15) is 21.5 Å². The molecule has 3 nitrogen and oxygen atoms in total. The van der Waals surface area contributed by atoms with E-state index >= 15 is 0 Å². The molecule has 1 aliphatic heterocycles. The summed E-state index contributed by atoms with van der Waals surface area (Å²) >= 11 is 0. The Morgan fingerprint density at radius 3 is 3.08 bits per heavy atom. The van der Waals surface area contributed by atoms with Crippen LogP contribution in [0.2, 0.25) is 0 Å². The van der Waals surface area contributed by atoms with Gasteiger partial charge < -0.3 is 0 Å². The maximum Gasteiger partial charge on any atom is 0.151 e. The fraction of sp³-hybridized carbons (Fsp3) is 0.333. The molecule has 0 N–H and O–H groups in total.